The van der Waals surface area contributed by atoms with Gasteiger partial charge in [-0.25, -0.2) is 0 Å². The number of carbonyl (C=O) groups excluding carboxylic acids is 1. The Kier molecular flexibility index (Phi) is 2.89. The molecule has 0 radical (unpaired) electrons. The first-order valence-corrected chi connectivity index (χ1v) is 7.23. The van der Waals surface area contributed by atoms with Crippen molar-refractivity contribution in [3.8, 4) is 0 Å². The Morgan fingerprint density at radius 2 is 1.94 bits per heavy atom. The lowest BCUT2D eigenvalue weighted by atomic mass is 10.0. The smallest absolute Gasteiger partial charge is 0.234 e. The van der Waals surface area contributed by atoms with Gasteiger partial charge in [-0.3, -0.25) is 4.79 Å². The van der Waals surface area contributed by atoms with E-state index < -0.39 is 0 Å². The minimum atomic E-state index is 0.164. The Morgan fingerprint density at radius 3 is 2.53 bits per heavy atom. The minimum Gasteiger partial charge on any atom is -0.353 e. The molecule has 5 unspecified atom stereocenters. The third-order valence-corrected chi connectivity index (χ3v) is 5.25. The van der Waals surface area contributed by atoms with Gasteiger partial charge < -0.3 is 10.6 Å². The third-order valence-electron chi connectivity index (χ3n) is 5.25. The molecule has 1 amide bonds. The molecule has 3 nitrogen and oxygen atoms in total. The standard InChI is InChI=1S/C14H24N2O/c1-3-8(2)16-11(17)7-15-14-12-9-4-5-10(6-9)13(12)14/h8-10,12-15H,3-7H2,1-2H3,(H,16,17). The topological polar surface area (TPSA) is 41.1 Å². The molecule has 3 saturated carbocycles. The van der Waals surface area contributed by atoms with Crippen molar-refractivity contribution < 1.29 is 4.79 Å². The summed E-state index contributed by atoms with van der Waals surface area (Å²) in [5, 5.41) is 6.49. The first-order valence-electron chi connectivity index (χ1n) is 7.23. The Labute approximate surface area is 104 Å². The van der Waals surface area contributed by atoms with Crippen LogP contribution in [-0.4, -0.2) is 24.5 Å². The molecule has 2 bridgehead atoms. The predicted octanol–water partition coefficient (Wildman–Crippen LogP) is 1.54. The van der Waals surface area contributed by atoms with Gasteiger partial charge in [0.25, 0.3) is 0 Å². The fourth-order valence-corrected chi connectivity index (χ4v) is 4.24. The zero-order valence-corrected chi connectivity index (χ0v) is 10.9. The maximum absolute atomic E-state index is 11.7. The molecule has 0 saturated heterocycles. The second kappa shape index (κ2) is 4.27. The van der Waals surface area contributed by atoms with Gasteiger partial charge in [-0.15, -0.1) is 0 Å². The molecule has 17 heavy (non-hydrogen) atoms. The summed E-state index contributed by atoms with van der Waals surface area (Å²) in [4.78, 5) is 11.7. The summed E-state index contributed by atoms with van der Waals surface area (Å²) in [6.45, 7) is 4.67. The molecule has 0 aromatic rings. The molecule has 96 valence electrons. The normalized spacial score (nSPS) is 43.3. The molecule has 3 heteroatoms. The Morgan fingerprint density at radius 1 is 1.29 bits per heavy atom. The highest BCUT2D eigenvalue weighted by Gasteiger charge is 2.64. The van der Waals surface area contributed by atoms with E-state index in [0.717, 1.165) is 30.1 Å². The van der Waals surface area contributed by atoms with E-state index >= 15 is 0 Å². The van der Waals surface area contributed by atoms with Crippen LogP contribution in [0.2, 0.25) is 0 Å². The van der Waals surface area contributed by atoms with E-state index in [4.69, 9.17) is 0 Å². The lowest BCUT2D eigenvalue weighted by Crippen LogP contribution is -2.40. The average molecular weight is 236 g/mol. The number of hydrogen-bond acceptors (Lipinski definition) is 2. The molecule has 3 fully saturated rings. The van der Waals surface area contributed by atoms with Crippen molar-refractivity contribution in [2.24, 2.45) is 23.7 Å². The van der Waals surface area contributed by atoms with Gasteiger partial charge in [0.05, 0.1) is 6.54 Å². The summed E-state index contributed by atoms with van der Waals surface area (Å²) in [5.74, 6) is 3.98. The van der Waals surface area contributed by atoms with E-state index in [9.17, 15) is 4.79 Å². The lowest BCUT2D eigenvalue weighted by Gasteiger charge is -2.13. The molecule has 3 rings (SSSR count). The second-order valence-electron chi connectivity index (χ2n) is 6.27. The highest BCUT2D eigenvalue weighted by Crippen LogP contribution is 2.65. The summed E-state index contributed by atoms with van der Waals surface area (Å²) in [7, 11) is 0. The van der Waals surface area contributed by atoms with Crippen LogP contribution in [0.25, 0.3) is 0 Å². The van der Waals surface area contributed by atoms with Crippen molar-refractivity contribution in [3.05, 3.63) is 0 Å². The molecule has 0 spiro atoms. The fraction of sp³-hybridized carbons (Fsp3) is 0.929. The minimum absolute atomic E-state index is 0.164. The molecule has 0 aromatic carbocycles. The Bertz CT molecular complexity index is 301. The van der Waals surface area contributed by atoms with Crippen LogP contribution in [0.3, 0.4) is 0 Å². The number of amides is 1. The Hall–Kier alpha value is -0.570. The number of fused-ring (bicyclic) bond motifs is 5. The molecule has 2 N–H and O–H groups in total. The van der Waals surface area contributed by atoms with E-state index in [1.54, 1.807) is 0 Å². The van der Waals surface area contributed by atoms with E-state index in [1.807, 2.05) is 0 Å². The zero-order valence-electron chi connectivity index (χ0n) is 10.9. The van der Waals surface area contributed by atoms with Crippen LogP contribution in [0.1, 0.15) is 39.5 Å². The number of rotatable bonds is 5. The maximum atomic E-state index is 11.7. The van der Waals surface area contributed by atoms with E-state index in [2.05, 4.69) is 24.5 Å². The van der Waals surface area contributed by atoms with Gasteiger partial charge >= 0.3 is 0 Å². The highest BCUT2D eigenvalue weighted by molar-refractivity contribution is 5.78. The monoisotopic (exact) mass is 236 g/mol. The van der Waals surface area contributed by atoms with E-state index in [-0.39, 0.29) is 5.91 Å². The summed E-state index contributed by atoms with van der Waals surface area (Å²) >= 11 is 0. The molecule has 0 aliphatic heterocycles. The second-order valence-corrected chi connectivity index (χ2v) is 6.27. The van der Waals surface area contributed by atoms with Crippen LogP contribution in [-0.2, 0) is 4.79 Å². The number of hydrogen-bond donors (Lipinski definition) is 2. The lowest BCUT2D eigenvalue weighted by molar-refractivity contribution is -0.120. The van der Waals surface area contributed by atoms with Gasteiger partial charge in [0.1, 0.15) is 0 Å². The predicted molar refractivity (Wildman–Crippen MR) is 67.5 cm³/mol. The molecule has 0 heterocycles. The Balaban J connectivity index is 1.41. The highest BCUT2D eigenvalue weighted by atomic mass is 16.1. The molecular formula is C14H24N2O. The van der Waals surface area contributed by atoms with Crippen molar-refractivity contribution in [2.75, 3.05) is 6.54 Å². The van der Waals surface area contributed by atoms with Crippen LogP contribution < -0.4 is 10.6 Å². The van der Waals surface area contributed by atoms with Gasteiger partial charge in [0.2, 0.25) is 5.91 Å². The van der Waals surface area contributed by atoms with Crippen LogP contribution in [0.4, 0.5) is 0 Å². The maximum Gasteiger partial charge on any atom is 0.234 e. The summed E-state index contributed by atoms with van der Waals surface area (Å²) in [6.07, 6.45) is 5.38. The zero-order chi connectivity index (χ0) is 12.0. The number of carbonyl (C=O) groups is 1. The summed E-state index contributed by atoms with van der Waals surface area (Å²) in [5.41, 5.74) is 0. The van der Waals surface area contributed by atoms with Crippen LogP contribution in [0, 0.1) is 23.7 Å². The van der Waals surface area contributed by atoms with E-state index in [1.165, 1.54) is 19.3 Å². The first-order chi connectivity index (χ1) is 8.20. The summed E-state index contributed by atoms with van der Waals surface area (Å²) < 4.78 is 0. The molecule has 3 aliphatic rings. The molecule has 3 aliphatic carbocycles. The molecule has 0 aromatic heterocycles. The third kappa shape index (κ3) is 1.99. The molecular weight excluding hydrogens is 212 g/mol. The summed E-state index contributed by atoms with van der Waals surface area (Å²) in [6, 6.07) is 0.975. The van der Waals surface area contributed by atoms with Gasteiger partial charge in [-0.1, -0.05) is 6.92 Å². The van der Waals surface area contributed by atoms with Crippen molar-refractivity contribution in [3.63, 3.8) is 0 Å². The fourth-order valence-electron chi connectivity index (χ4n) is 4.24. The number of nitrogens with one attached hydrogen (secondary N) is 2. The first kappa shape index (κ1) is 11.5. The van der Waals surface area contributed by atoms with Gasteiger partial charge in [-0.05, 0) is 56.3 Å². The van der Waals surface area contributed by atoms with Gasteiger partial charge in [0, 0.05) is 12.1 Å². The van der Waals surface area contributed by atoms with E-state index in [0.29, 0.717) is 18.6 Å². The van der Waals surface area contributed by atoms with Gasteiger partial charge in [0.15, 0.2) is 0 Å². The van der Waals surface area contributed by atoms with Crippen LogP contribution >= 0.6 is 0 Å². The van der Waals surface area contributed by atoms with Crippen molar-refractivity contribution in [2.45, 2.75) is 51.6 Å². The molecule has 5 atom stereocenters. The van der Waals surface area contributed by atoms with Crippen molar-refractivity contribution in [1.29, 1.82) is 0 Å². The van der Waals surface area contributed by atoms with Gasteiger partial charge in [-0.2, -0.15) is 0 Å². The SMILES string of the molecule is CCC(C)NC(=O)CNC1C2C3CCC(C3)C12. The van der Waals surface area contributed by atoms with Crippen LogP contribution in [0.5, 0.6) is 0 Å². The average Bonchev–Trinajstić information content (AvgIpc) is 2.70. The largest absolute Gasteiger partial charge is 0.353 e. The quantitative estimate of drug-likeness (QED) is 0.760. The van der Waals surface area contributed by atoms with Crippen molar-refractivity contribution >= 4 is 5.91 Å². The van der Waals surface area contributed by atoms with Crippen LogP contribution in [0.15, 0.2) is 0 Å². The van der Waals surface area contributed by atoms with Crippen molar-refractivity contribution in [1.82, 2.24) is 10.6 Å².